The highest BCUT2D eigenvalue weighted by Gasteiger charge is 2.45. The molecular formula is C13H25N5O6S. The zero-order valence-electron chi connectivity index (χ0n) is 13.8. The van der Waals surface area contributed by atoms with E-state index in [1.54, 1.807) is 6.26 Å². The Balaban J connectivity index is 5.35. The average molecular weight is 379 g/mol. The Morgan fingerprint density at radius 2 is 1.48 bits per heavy atom. The molecule has 0 spiro atoms. The summed E-state index contributed by atoms with van der Waals surface area (Å²) in [5, 5.41) is 17.7. The molecule has 0 aliphatic heterocycles. The predicted molar refractivity (Wildman–Crippen MR) is 91.2 cm³/mol. The van der Waals surface area contributed by atoms with Gasteiger partial charge in [-0.2, -0.15) is 11.8 Å². The maximum Gasteiger partial charge on any atom is 0.325 e. The predicted octanol–water partition coefficient (Wildman–Crippen LogP) is -2.86. The Hall–Kier alpha value is -1.89. The molecule has 0 aromatic carbocycles. The van der Waals surface area contributed by atoms with E-state index in [4.69, 9.17) is 28.7 Å². The van der Waals surface area contributed by atoms with Gasteiger partial charge in [-0.15, -0.1) is 0 Å². The SMILES string of the molecule is CSC(CC(N)CC(N)(CC(N)=O)C(=O)O)C(N)(CC(N)=O)C(=O)O. The molecule has 0 saturated heterocycles. The average Bonchev–Trinajstić information content (AvgIpc) is 2.42. The molecule has 144 valence electrons. The molecule has 0 fully saturated rings. The van der Waals surface area contributed by atoms with Crippen LogP contribution >= 0.6 is 11.8 Å². The van der Waals surface area contributed by atoms with Crippen molar-refractivity contribution in [2.24, 2.45) is 28.7 Å². The van der Waals surface area contributed by atoms with Crippen molar-refractivity contribution >= 4 is 35.5 Å². The first kappa shape index (κ1) is 23.1. The third-order valence-corrected chi connectivity index (χ3v) is 4.96. The molecule has 0 aromatic rings. The molecule has 0 aliphatic carbocycles. The van der Waals surface area contributed by atoms with E-state index in [0.29, 0.717) is 0 Å². The fourth-order valence-electron chi connectivity index (χ4n) is 2.50. The van der Waals surface area contributed by atoms with Crippen LogP contribution in [0.25, 0.3) is 0 Å². The van der Waals surface area contributed by atoms with Gasteiger partial charge >= 0.3 is 11.9 Å². The number of nitrogens with two attached hydrogens (primary N) is 5. The van der Waals surface area contributed by atoms with Gasteiger partial charge in [-0.25, -0.2) is 0 Å². The van der Waals surface area contributed by atoms with Crippen LogP contribution in [0.2, 0.25) is 0 Å². The molecule has 0 radical (unpaired) electrons. The number of carboxylic acids is 2. The van der Waals surface area contributed by atoms with Crippen LogP contribution in [0.4, 0.5) is 0 Å². The summed E-state index contributed by atoms with van der Waals surface area (Å²) in [6, 6.07) is -0.909. The third kappa shape index (κ3) is 6.49. The van der Waals surface area contributed by atoms with Crippen molar-refractivity contribution in [2.75, 3.05) is 6.26 Å². The van der Waals surface area contributed by atoms with Crippen LogP contribution in [0.3, 0.4) is 0 Å². The summed E-state index contributed by atoms with van der Waals surface area (Å²) in [6.45, 7) is 0. The summed E-state index contributed by atoms with van der Waals surface area (Å²) < 4.78 is 0. The summed E-state index contributed by atoms with van der Waals surface area (Å²) >= 11 is 1.05. The fraction of sp³-hybridized carbons (Fsp3) is 0.692. The number of carbonyl (C=O) groups is 4. The second kappa shape index (κ2) is 8.99. The molecule has 4 atom stereocenters. The molecule has 25 heavy (non-hydrogen) atoms. The number of aliphatic carboxylic acids is 2. The molecule has 12 heteroatoms. The van der Waals surface area contributed by atoms with Crippen molar-refractivity contribution in [1.82, 2.24) is 0 Å². The lowest BCUT2D eigenvalue weighted by atomic mass is 9.83. The number of primary amides is 2. The van der Waals surface area contributed by atoms with E-state index in [1.165, 1.54) is 0 Å². The van der Waals surface area contributed by atoms with E-state index in [9.17, 15) is 29.4 Å². The van der Waals surface area contributed by atoms with Crippen molar-refractivity contribution in [3.05, 3.63) is 0 Å². The van der Waals surface area contributed by atoms with Gasteiger partial charge in [-0.3, -0.25) is 19.2 Å². The van der Waals surface area contributed by atoms with Crippen LogP contribution in [0.5, 0.6) is 0 Å². The lowest BCUT2D eigenvalue weighted by Gasteiger charge is -2.35. The first-order valence-electron chi connectivity index (χ1n) is 7.18. The Morgan fingerprint density at radius 1 is 1.00 bits per heavy atom. The van der Waals surface area contributed by atoms with Gasteiger partial charge in [-0.05, 0) is 19.1 Å². The second-order valence-corrected chi connectivity index (χ2v) is 7.06. The van der Waals surface area contributed by atoms with Crippen molar-refractivity contribution in [3.8, 4) is 0 Å². The minimum Gasteiger partial charge on any atom is -0.480 e. The Bertz CT molecular complexity index is 547. The van der Waals surface area contributed by atoms with Crippen LogP contribution in [0, 0.1) is 0 Å². The molecule has 2 amide bonds. The number of carbonyl (C=O) groups excluding carboxylic acids is 2. The maximum atomic E-state index is 11.5. The molecule has 4 unspecified atom stereocenters. The fourth-order valence-corrected chi connectivity index (χ4v) is 3.55. The molecule has 0 aliphatic rings. The summed E-state index contributed by atoms with van der Waals surface area (Å²) in [6.07, 6.45) is -0.0848. The van der Waals surface area contributed by atoms with E-state index in [0.717, 1.165) is 11.8 Å². The van der Waals surface area contributed by atoms with Crippen LogP contribution in [0.15, 0.2) is 0 Å². The molecule has 0 saturated carbocycles. The van der Waals surface area contributed by atoms with Gasteiger partial charge in [0.15, 0.2) is 0 Å². The van der Waals surface area contributed by atoms with Gasteiger partial charge in [-0.1, -0.05) is 0 Å². The molecule has 0 aromatic heterocycles. The van der Waals surface area contributed by atoms with Crippen molar-refractivity contribution in [2.45, 2.75) is 48.1 Å². The van der Waals surface area contributed by atoms with Gasteiger partial charge in [0.25, 0.3) is 0 Å². The van der Waals surface area contributed by atoms with E-state index < -0.39 is 59.0 Å². The highest BCUT2D eigenvalue weighted by atomic mass is 32.2. The number of hydrogen-bond acceptors (Lipinski definition) is 8. The number of amides is 2. The minimum atomic E-state index is -1.99. The van der Waals surface area contributed by atoms with E-state index in [1.807, 2.05) is 0 Å². The van der Waals surface area contributed by atoms with Gasteiger partial charge in [0.05, 0.1) is 12.8 Å². The standard InChI is InChI=1S/C13H25N5O6S/c1-25-7(13(18,11(23)24)5-9(16)20)2-6(14)3-12(17,10(21)22)4-8(15)19/h6-7H,2-5,14,17-18H2,1H3,(H2,15,19)(H2,16,20)(H,21,22)(H,23,24). The maximum absolute atomic E-state index is 11.5. The first-order valence-corrected chi connectivity index (χ1v) is 8.46. The highest BCUT2D eigenvalue weighted by Crippen LogP contribution is 2.29. The first-order chi connectivity index (χ1) is 11.3. The van der Waals surface area contributed by atoms with Crippen molar-refractivity contribution in [1.29, 1.82) is 0 Å². The Morgan fingerprint density at radius 3 is 1.80 bits per heavy atom. The lowest BCUT2D eigenvalue weighted by molar-refractivity contribution is -0.146. The van der Waals surface area contributed by atoms with E-state index in [2.05, 4.69) is 0 Å². The van der Waals surface area contributed by atoms with Crippen molar-refractivity contribution < 1.29 is 29.4 Å². The summed E-state index contributed by atoms with van der Waals surface area (Å²) in [4.78, 5) is 45.0. The van der Waals surface area contributed by atoms with Gasteiger partial charge < -0.3 is 38.9 Å². The summed E-state index contributed by atoms with van der Waals surface area (Å²) in [5.74, 6) is -4.71. The highest BCUT2D eigenvalue weighted by molar-refractivity contribution is 7.99. The second-order valence-electron chi connectivity index (χ2n) is 6.02. The van der Waals surface area contributed by atoms with Crippen LogP contribution in [-0.2, 0) is 19.2 Å². The van der Waals surface area contributed by atoms with Crippen LogP contribution < -0.4 is 28.7 Å². The number of hydrogen-bond donors (Lipinski definition) is 7. The summed E-state index contributed by atoms with van der Waals surface area (Å²) in [5.41, 5.74) is 23.6. The van der Waals surface area contributed by atoms with Gasteiger partial charge in [0.2, 0.25) is 11.8 Å². The monoisotopic (exact) mass is 379 g/mol. The minimum absolute atomic E-state index is 0.0672. The third-order valence-electron chi connectivity index (χ3n) is 3.78. The van der Waals surface area contributed by atoms with Gasteiger partial charge in [0, 0.05) is 11.3 Å². The quantitative estimate of drug-likeness (QED) is 0.183. The lowest BCUT2D eigenvalue weighted by Crippen LogP contribution is -2.60. The van der Waals surface area contributed by atoms with Crippen LogP contribution in [0.1, 0.15) is 25.7 Å². The van der Waals surface area contributed by atoms with Crippen LogP contribution in [-0.4, -0.2) is 62.6 Å². The molecule has 11 nitrogen and oxygen atoms in total. The number of rotatable bonds is 12. The topological polar surface area (TPSA) is 239 Å². The largest absolute Gasteiger partial charge is 0.480 e. The number of carboxylic acid groups (broad SMARTS) is 2. The van der Waals surface area contributed by atoms with Gasteiger partial charge in [0.1, 0.15) is 11.1 Å². The summed E-state index contributed by atoms with van der Waals surface area (Å²) in [7, 11) is 0. The molecule has 0 heterocycles. The zero-order valence-corrected chi connectivity index (χ0v) is 14.6. The normalized spacial score (nSPS) is 18.4. The Labute approximate surface area is 148 Å². The zero-order chi connectivity index (χ0) is 20.0. The Kier molecular flexibility index (Phi) is 8.31. The molecule has 0 bridgehead atoms. The van der Waals surface area contributed by atoms with Crippen molar-refractivity contribution in [3.63, 3.8) is 0 Å². The molecular weight excluding hydrogens is 354 g/mol. The van der Waals surface area contributed by atoms with E-state index in [-0.39, 0.29) is 12.8 Å². The molecule has 12 N–H and O–H groups in total. The molecule has 0 rings (SSSR count). The van der Waals surface area contributed by atoms with E-state index >= 15 is 0 Å². The number of thioether (sulfide) groups is 1. The smallest absolute Gasteiger partial charge is 0.325 e.